The molecule has 5 nitrogen and oxygen atoms in total. The van der Waals surface area contributed by atoms with E-state index in [1.165, 1.54) is 17.8 Å². The highest BCUT2D eigenvalue weighted by Gasteiger charge is 2.07. The average molecular weight is 411 g/mol. The van der Waals surface area contributed by atoms with E-state index in [0.29, 0.717) is 20.7 Å². The first-order chi connectivity index (χ1) is 12.5. The summed E-state index contributed by atoms with van der Waals surface area (Å²) in [5.74, 6) is -0.105. The molecule has 0 bridgehead atoms. The molecule has 0 aromatic heterocycles. The van der Waals surface area contributed by atoms with Crippen LogP contribution in [-0.4, -0.2) is 24.7 Å². The van der Waals surface area contributed by atoms with Crippen LogP contribution in [0.15, 0.2) is 53.4 Å². The van der Waals surface area contributed by atoms with Crippen molar-refractivity contribution in [1.82, 2.24) is 10.9 Å². The van der Waals surface area contributed by atoms with Crippen molar-refractivity contribution in [3.8, 4) is 5.75 Å². The second kappa shape index (κ2) is 10.1. The van der Waals surface area contributed by atoms with Gasteiger partial charge in [0, 0.05) is 21.6 Å². The molecule has 0 saturated carbocycles. The van der Waals surface area contributed by atoms with Crippen LogP contribution in [0.25, 0.3) is 6.08 Å². The Bertz CT molecular complexity index is 828. The van der Waals surface area contributed by atoms with E-state index in [1.54, 1.807) is 37.5 Å². The molecule has 2 amide bonds. The summed E-state index contributed by atoms with van der Waals surface area (Å²) < 4.78 is 5.19. The van der Waals surface area contributed by atoms with Gasteiger partial charge in [-0.1, -0.05) is 41.4 Å². The molecule has 0 atom stereocenters. The third kappa shape index (κ3) is 6.29. The SMILES string of the molecule is COc1ccccc1/C=C/C(=O)NNC(=O)CSc1cc(Cl)ccc1Cl. The summed E-state index contributed by atoms with van der Waals surface area (Å²) in [5, 5.41) is 1.04. The van der Waals surface area contributed by atoms with Gasteiger partial charge in [0.2, 0.25) is 5.91 Å². The van der Waals surface area contributed by atoms with E-state index in [4.69, 9.17) is 27.9 Å². The number of methoxy groups -OCH3 is 1. The molecule has 0 fully saturated rings. The van der Waals surface area contributed by atoms with E-state index in [1.807, 2.05) is 18.2 Å². The summed E-state index contributed by atoms with van der Waals surface area (Å²) >= 11 is 13.1. The number of carbonyl (C=O) groups is 2. The highest BCUT2D eigenvalue weighted by atomic mass is 35.5. The summed E-state index contributed by atoms with van der Waals surface area (Å²) in [7, 11) is 1.55. The number of carbonyl (C=O) groups excluding carboxylic acids is 2. The van der Waals surface area contributed by atoms with Crippen LogP contribution in [0, 0.1) is 0 Å². The highest BCUT2D eigenvalue weighted by molar-refractivity contribution is 8.00. The number of amides is 2. The lowest BCUT2D eigenvalue weighted by Crippen LogP contribution is -2.41. The molecule has 0 heterocycles. The summed E-state index contributed by atoms with van der Waals surface area (Å²) in [5.41, 5.74) is 5.40. The second-order valence-electron chi connectivity index (χ2n) is 4.98. The van der Waals surface area contributed by atoms with E-state index < -0.39 is 5.91 Å². The van der Waals surface area contributed by atoms with Gasteiger partial charge < -0.3 is 4.74 Å². The maximum atomic E-state index is 11.8. The topological polar surface area (TPSA) is 67.4 Å². The van der Waals surface area contributed by atoms with Crippen molar-refractivity contribution in [3.63, 3.8) is 0 Å². The molecule has 2 rings (SSSR count). The minimum atomic E-state index is -0.463. The van der Waals surface area contributed by atoms with Crippen molar-refractivity contribution in [2.45, 2.75) is 4.90 Å². The Kier molecular flexibility index (Phi) is 7.84. The third-order valence-electron chi connectivity index (χ3n) is 3.13. The summed E-state index contributed by atoms with van der Waals surface area (Å²) in [6.07, 6.45) is 2.90. The zero-order valence-electron chi connectivity index (χ0n) is 13.8. The van der Waals surface area contributed by atoms with Crippen LogP contribution in [0.1, 0.15) is 5.56 Å². The van der Waals surface area contributed by atoms with Gasteiger partial charge in [-0.3, -0.25) is 20.4 Å². The van der Waals surface area contributed by atoms with Crippen molar-refractivity contribution >= 4 is 52.9 Å². The normalized spacial score (nSPS) is 10.6. The number of hydrogen-bond acceptors (Lipinski definition) is 4. The van der Waals surface area contributed by atoms with Crippen molar-refractivity contribution in [2.24, 2.45) is 0 Å². The summed E-state index contributed by atoms with van der Waals surface area (Å²) in [6, 6.07) is 12.3. The molecule has 136 valence electrons. The molecular formula is C18H16Cl2N2O3S. The highest BCUT2D eigenvalue weighted by Crippen LogP contribution is 2.29. The molecule has 8 heteroatoms. The van der Waals surface area contributed by atoms with Crippen LogP contribution >= 0.6 is 35.0 Å². The van der Waals surface area contributed by atoms with Gasteiger partial charge in [-0.2, -0.15) is 0 Å². The second-order valence-corrected chi connectivity index (χ2v) is 6.84. The Labute approximate surface area is 165 Å². The van der Waals surface area contributed by atoms with Gasteiger partial charge in [0.15, 0.2) is 0 Å². The van der Waals surface area contributed by atoms with Crippen molar-refractivity contribution in [2.75, 3.05) is 12.9 Å². The Morgan fingerprint density at radius 2 is 1.92 bits per heavy atom. The predicted molar refractivity (Wildman–Crippen MR) is 105 cm³/mol. The zero-order chi connectivity index (χ0) is 18.9. The third-order valence-corrected chi connectivity index (χ3v) is 4.86. The minimum absolute atomic E-state index is 0.0799. The number of nitrogens with one attached hydrogen (secondary N) is 2. The number of para-hydroxylation sites is 1. The Balaban J connectivity index is 1.80. The first-order valence-electron chi connectivity index (χ1n) is 7.47. The fourth-order valence-electron chi connectivity index (χ4n) is 1.91. The largest absolute Gasteiger partial charge is 0.496 e. The molecule has 2 N–H and O–H groups in total. The van der Waals surface area contributed by atoms with Gasteiger partial charge in [-0.05, 0) is 30.3 Å². The number of hydrogen-bond donors (Lipinski definition) is 2. The average Bonchev–Trinajstić information content (AvgIpc) is 2.65. The molecule has 2 aromatic rings. The number of halogens is 2. The van der Waals surface area contributed by atoms with Crippen LogP contribution in [0.3, 0.4) is 0 Å². The molecule has 26 heavy (non-hydrogen) atoms. The number of rotatable bonds is 6. The standard InChI is InChI=1S/C18H16Cl2N2O3S/c1-25-15-5-3-2-4-12(15)6-9-17(23)21-22-18(24)11-26-16-10-13(19)7-8-14(16)20/h2-10H,11H2,1H3,(H,21,23)(H,22,24)/b9-6+. The maximum absolute atomic E-state index is 11.8. The quantitative estimate of drug-likeness (QED) is 0.429. The monoisotopic (exact) mass is 410 g/mol. The van der Waals surface area contributed by atoms with Crippen molar-refractivity contribution in [3.05, 3.63) is 64.1 Å². The van der Waals surface area contributed by atoms with Crippen LogP contribution in [0.4, 0.5) is 0 Å². The number of thioether (sulfide) groups is 1. The Hall–Kier alpha value is -2.15. The van der Waals surface area contributed by atoms with E-state index in [-0.39, 0.29) is 11.7 Å². The molecule has 0 unspecified atom stereocenters. The summed E-state index contributed by atoms with van der Waals surface area (Å²) in [4.78, 5) is 24.3. The van der Waals surface area contributed by atoms with E-state index >= 15 is 0 Å². The van der Waals surface area contributed by atoms with Gasteiger partial charge >= 0.3 is 0 Å². The van der Waals surface area contributed by atoms with E-state index in [2.05, 4.69) is 10.9 Å². The first-order valence-corrected chi connectivity index (χ1v) is 9.21. The molecule has 0 radical (unpaired) electrons. The fourth-order valence-corrected chi connectivity index (χ4v) is 3.20. The lowest BCUT2D eigenvalue weighted by molar-refractivity contribution is -0.125. The lowest BCUT2D eigenvalue weighted by Gasteiger charge is -2.07. The van der Waals surface area contributed by atoms with E-state index in [9.17, 15) is 9.59 Å². The van der Waals surface area contributed by atoms with E-state index in [0.717, 1.165) is 5.56 Å². The fraction of sp³-hybridized carbons (Fsp3) is 0.111. The van der Waals surface area contributed by atoms with Gasteiger partial charge in [0.25, 0.3) is 5.91 Å². The predicted octanol–water partition coefficient (Wildman–Crippen LogP) is 3.95. The number of benzene rings is 2. The number of ether oxygens (including phenoxy) is 1. The van der Waals surface area contributed by atoms with Crippen LogP contribution in [0.5, 0.6) is 5.75 Å². The smallest absolute Gasteiger partial charge is 0.262 e. The molecular weight excluding hydrogens is 395 g/mol. The molecule has 0 aliphatic heterocycles. The van der Waals surface area contributed by atoms with Gasteiger partial charge in [0.05, 0.1) is 17.9 Å². The van der Waals surface area contributed by atoms with Crippen LogP contribution < -0.4 is 15.6 Å². The molecule has 0 saturated heterocycles. The van der Waals surface area contributed by atoms with Gasteiger partial charge in [0.1, 0.15) is 5.75 Å². The number of hydrazine groups is 1. The maximum Gasteiger partial charge on any atom is 0.262 e. The Morgan fingerprint density at radius 3 is 2.69 bits per heavy atom. The molecule has 0 aliphatic rings. The minimum Gasteiger partial charge on any atom is -0.496 e. The first kappa shape index (κ1) is 20.2. The zero-order valence-corrected chi connectivity index (χ0v) is 16.1. The van der Waals surface area contributed by atoms with Crippen molar-refractivity contribution in [1.29, 1.82) is 0 Å². The van der Waals surface area contributed by atoms with Gasteiger partial charge in [-0.15, -0.1) is 11.8 Å². The van der Waals surface area contributed by atoms with Crippen LogP contribution in [-0.2, 0) is 9.59 Å². The molecule has 0 aliphatic carbocycles. The lowest BCUT2D eigenvalue weighted by atomic mass is 10.2. The van der Waals surface area contributed by atoms with Gasteiger partial charge in [-0.25, -0.2) is 0 Å². The summed E-state index contributed by atoms with van der Waals surface area (Å²) in [6.45, 7) is 0. The molecule has 2 aromatic carbocycles. The van der Waals surface area contributed by atoms with Crippen molar-refractivity contribution < 1.29 is 14.3 Å². The molecule has 0 spiro atoms. The Morgan fingerprint density at radius 1 is 1.15 bits per heavy atom. The van der Waals surface area contributed by atoms with Crippen LogP contribution in [0.2, 0.25) is 10.0 Å².